The van der Waals surface area contributed by atoms with Crippen molar-refractivity contribution in [1.29, 1.82) is 0 Å². The summed E-state index contributed by atoms with van der Waals surface area (Å²) in [4.78, 5) is 28.8. The number of benzene rings is 2. The van der Waals surface area contributed by atoms with Gasteiger partial charge in [0.25, 0.3) is 11.8 Å². The molecular formula is C23H24N4O4. The lowest BCUT2D eigenvalue weighted by Crippen LogP contribution is -2.51. The summed E-state index contributed by atoms with van der Waals surface area (Å²) in [5.41, 5.74) is 5.00. The van der Waals surface area contributed by atoms with Gasteiger partial charge in [-0.25, -0.2) is 5.48 Å². The van der Waals surface area contributed by atoms with E-state index in [-0.39, 0.29) is 5.91 Å². The Morgan fingerprint density at radius 3 is 2.74 bits per heavy atom. The summed E-state index contributed by atoms with van der Waals surface area (Å²) in [6, 6.07) is 15.8. The number of hydroxylamine groups is 1. The molecule has 0 aliphatic carbocycles. The van der Waals surface area contributed by atoms with Crippen LogP contribution in [0.1, 0.15) is 28.0 Å². The van der Waals surface area contributed by atoms with E-state index in [1.165, 1.54) is 0 Å². The summed E-state index contributed by atoms with van der Waals surface area (Å²) in [5, 5.41) is 15.7. The largest absolute Gasteiger partial charge is 0.489 e. The molecule has 4 N–H and O–H groups in total. The van der Waals surface area contributed by atoms with E-state index in [0.717, 1.165) is 22.2 Å². The Balaban J connectivity index is 1.40. The molecule has 1 aromatic heterocycles. The van der Waals surface area contributed by atoms with Crippen molar-refractivity contribution < 1.29 is 19.5 Å². The number of rotatable bonds is 6. The van der Waals surface area contributed by atoms with Gasteiger partial charge in [-0.15, -0.1) is 0 Å². The van der Waals surface area contributed by atoms with E-state index in [4.69, 9.17) is 9.94 Å². The Bertz CT molecular complexity index is 1100. The van der Waals surface area contributed by atoms with Crippen LogP contribution in [0.15, 0.2) is 54.6 Å². The van der Waals surface area contributed by atoms with Gasteiger partial charge in [0.05, 0.1) is 11.6 Å². The number of hydrogen-bond acceptors (Lipinski definition) is 6. The lowest BCUT2D eigenvalue weighted by atomic mass is 10.1. The molecule has 3 aromatic rings. The fraction of sp³-hybridized carbons (Fsp3) is 0.261. The highest BCUT2D eigenvalue weighted by molar-refractivity contribution is 5.95. The van der Waals surface area contributed by atoms with Gasteiger partial charge in [-0.1, -0.05) is 18.2 Å². The minimum Gasteiger partial charge on any atom is -0.489 e. The van der Waals surface area contributed by atoms with Crippen LogP contribution in [0.2, 0.25) is 0 Å². The van der Waals surface area contributed by atoms with Crippen molar-refractivity contribution >= 4 is 22.7 Å². The third-order valence-corrected chi connectivity index (χ3v) is 5.37. The number of nitrogens with zero attached hydrogens (tertiary/aromatic N) is 1. The molecule has 4 rings (SSSR count). The molecule has 2 heterocycles. The first kappa shape index (κ1) is 20.8. The Morgan fingerprint density at radius 1 is 1.19 bits per heavy atom. The van der Waals surface area contributed by atoms with Gasteiger partial charge < -0.3 is 15.4 Å². The zero-order valence-electron chi connectivity index (χ0n) is 17.1. The number of amides is 2. The fourth-order valence-corrected chi connectivity index (χ4v) is 3.83. The first-order valence-electron chi connectivity index (χ1n) is 10.1. The SMILES string of the molecule is Cc1cc(COc2ccc(C(=O)N[C@@H]3CCN[C@@H]3C(=O)NO)cc2)c2ccccc2n1. The average molecular weight is 420 g/mol. The predicted molar refractivity (Wildman–Crippen MR) is 115 cm³/mol. The van der Waals surface area contributed by atoms with Gasteiger partial charge in [0.15, 0.2) is 0 Å². The molecule has 8 nitrogen and oxygen atoms in total. The number of hydrogen-bond donors (Lipinski definition) is 4. The summed E-state index contributed by atoms with van der Waals surface area (Å²) >= 11 is 0. The zero-order chi connectivity index (χ0) is 21.8. The Kier molecular flexibility index (Phi) is 6.11. The molecular weight excluding hydrogens is 396 g/mol. The average Bonchev–Trinajstić information content (AvgIpc) is 3.25. The molecule has 8 heteroatoms. The number of pyridine rings is 1. The van der Waals surface area contributed by atoms with Crippen LogP contribution < -0.4 is 20.9 Å². The maximum atomic E-state index is 12.6. The molecule has 0 unspecified atom stereocenters. The van der Waals surface area contributed by atoms with Crippen molar-refractivity contribution in [1.82, 2.24) is 21.1 Å². The van der Waals surface area contributed by atoms with Crippen LogP contribution in [0.25, 0.3) is 10.9 Å². The van der Waals surface area contributed by atoms with Crippen LogP contribution in [0.3, 0.4) is 0 Å². The van der Waals surface area contributed by atoms with Gasteiger partial charge in [-0.05, 0) is 56.3 Å². The maximum absolute atomic E-state index is 12.6. The number of carbonyl (C=O) groups excluding carboxylic acids is 2. The Hall–Kier alpha value is -3.49. The first-order valence-corrected chi connectivity index (χ1v) is 10.1. The van der Waals surface area contributed by atoms with Crippen molar-refractivity contribution in [3.8, 4) is 5.75 Å². The van der Waals surface area contributed by atoms with E-state index >= 15 is 0 Å². The van der Waals surface area contributed by atoms with E-state index in [9.17, 15) is 9.59 Å². The Morgan fingerprint density at radius 2 is 1.97 bits per heavy atom. The summed E-state index contributed by atoms with van der Waals surface area (Å²) < 4.78 is 5.94. The van der Waals surface area contributed by atoms with Crippen molar-refractivity contribution in [3.63, 3.8) is 0 Å². The quantitative estimate of drug-likeness (QED) is 0.359. The molecule has 0 spiro atoms. The number of aryl methyl sites for hydroxylation is 1. The topological polar surface area (TPSA) is 113 Å². The molecule has 1 aliphatic heterocycles. The normalized spacial score (nSPS) is 18.0. The second-order valence-electron chi connectivity index (χ2n) is 7.53. The van der Waals surface area contributed by atoms with E-state index in [2.05, 4.69) is 15.6 Å². The highest BCUT2D eigenvalue weighted by Crippen LogP contribution is 2.21. The smallest absolute Gasteiger partial charge is 0.262 e. The van der Waals surface area contributed by atoms with Gasteiger partial charge in [0.2, 0.25) is 0 Å². The number of nitrogens with one attached hydrogen (secondary N) is 3. The Labute approximate surface area is 179 Å². The minimum absolute atomic E-state index is 0.285. The van der Waals surface area contributed by atoms with Gasteiger partial charge in [0.1, 0.15) is 18.4 Å². The third kappa shape index (κ3) is 4.65. The highest BCUT2D eigenvalue weighted by Gasteiger charge is 2.33. The van der Waals surface area contributed by atoms with Crippen molar-refractivity contribution in [2.75, 3.05) is 6.54 Å². The van der Waals surface area contributed by atoms with Crippen molar-refractivity contribution in [2.24, 2.45) is 0 Å². The number of aromatic nitrogens is 1. The summed E-state index contributed by atoms with van der Waals surface area (Å²) in [5.74, 6) is -0.202. The van der Waals surface area contributed by atoms with Crippen LogP contribution >= 0.6 is 0 Å². The van der Waals surface area contributed by atoms with Crippen LogP contribution in [0.4, 0.5) is 0 Å². The minimum atomic E-state index is -0.657. The van der Waals surface area contributed by atoms with Crippen molar-refractivity contribution in [2.45, 2.75) is 32.0 Å². The molecule has 2 atom stereocenters. The molecule has 0 radical (unpaired) electrons. The van der Waals surface area contributed by atoms with Crippen LogP contribution in [0, 0.1) is 6.92 Å². The predicted octanol–water partition coefficient (Wildman–Crippen LogP) is 2.09. The van der Waals surface area contributed by atoms with Gasteiger partial charge in [0, 0.05) is 22.2 Å². The summed E-state index contributed by atoms with van der Waals surface area (Å²) in [6.45, 7) is 2.93. The monoisotopic (exact) mass is 420 g/mol. The molecule has 31 heavy (non-hydrogen) atoms. The maximum Gasteiger partial charge on any atom is 0.262 e. The van der Waals surface area contributed by atoms with Crippen molar-refractivity contribution in [3.05, 3.63) is 71.4 Å². The number of ether oxygens (including phenoxy) is 1. The van der Waals surface area contributed by atoms with E-state index in [1.807, 2.05) is 37.3 Å². The van der Waals surface area contributed by atoms with Crippen LogP contribution in [-0.4, -0.2) is 40.6 Å². The second-order valence-corrected chi connectivity index (χ2v) is 7.53. The molecule has 0 bridgehead atoms. The fourth-order valence-electron chi connectivity index (χ4n) is 3.83. The van der Waals surface area contributed by atoms with Crippen LogP contribution in [-0.2, 0) is 11.4 Å². The molecule has 160 valence electrons. The summed E-state index contributed by atoms with van der Waals surface area (Å²) in [7, 11) is 0. The zero-order valence-corrected chi connectivity index (χ0v) is 17.1. The van der Waals surface area contributed by atoms with E-state index in [0.29, 0.717) is 30.9 Å². The molecule has 0 saturated carbocycles. The standard InChI is InChI=1S/C23H24N4O4/c1-14-12-16(18-4-2-3-5-19(18)25-14)13-31-17-8-6-15(7-9-17)22(28)26-20-10-11-24-21(20)23(29)27-30/h2-9,12,20-21,24,30H,10-11,13H2,1H3,(H,26,28)(H,27,29)/t20-,21+/m1/s1. The van der Waals surface area contributed by atoms with Gasteiger partial charge in [-0.2, -0.15) is 0 Å². The third-order valence-electron chi connectivity index (χ3n) is 5.37. The first-order chi connectivity index (χ1) is 15.0. The summed E-state index contributed by atoms with van der Waals surface area (Å²) in [6.07, 6.45) is 0.602. The molecule has 2 aromatic carbocycles. The number of fused-ring (bicyclic) bond motifs is 1. The lowest BCUT2D eigenvalue weighted by molar-refractivity contribution is -0.131. The lowest BCUT2D eigenvalue weighted by Gasteiger charge is -2.19. The van der Waals surface area contributed by atoms with E-state index in [1.54, 1.807) is 29.7 Å². The number of para-hydroxylation sites is 1. The van der Waals surface area contributed by atoms with Crippen LogP contribution in [0.5, 0.6) is 5.75 Å². The van der Waals surface area contributed by atoms with Gasteiger partial charge >= 0.3 is 0 Å². The second kappa shape index (κ2) is 9.11. The molecule has 1 fully saturated rings. The number of carbonyl (C=O) groups is 2. The highest BCUT2D eigenvalue weighted by atomic mass is 16.5. The molecule has 1 aliphatic rings. The van der Waals surface area contributed by atoms with E-state index < -0.39 is 18.0 Å². The van der Waals surface area contributed by atoms with Gasteiger partial charge in [-0.3, -0.25) is 19.8 Å². The molecule has 1 saturated heterocycles. The molecule has 2 amide bonds.